The predicted octanol–water partition coefficient (Wildman–Crippen LogP) is 2.43. The van der Waals surface area contributed by atoms with E-state index in [1.165, 1.54) is 31.1 Å². The summed E-state index contributed by atoms with van der Waals surface area (Å²) in [6.45, 7) is 0. The fourth-order valence-electron chi connectivity index (χ4n) is 2.74. The third kappa shape index (κ3) is 4.01. The van der Waals surface area contributed by atoms with Crippen molar-refractivity contribution in [3.05, 3.63) is 53.0 Å². The first-order valence-corrected chi connectivity index (χ1v) is 9.74. The molecule has 0 radical (unpaired) electrons. The maximum absolute atomic E-state index is 12.4. The molecule has 1 amide bonds. The van der Waals surface area contributed by atoms with Crippen molar-refractivity contribution >= 4 is 29.0 Å². The number of aromatic nitrogens is 4. The molecule has 154 valence electrons. The Bertz CT molecular complexity index is 1250. The van der Waals surface area contributed by atoms with Crippen molar-refractivity contribution in [3.63, 3.8) is 0 Å². The molecule has 0 aliphatic rings. The molecule has 0 spiro atoms. The molecular weight excluding hydrogens is 410 g/mol. The van der Waals surface area contributed by atoms with Gasteiger partial charge < -0.3 is 19.2 Å². The third-order valence-corrected chi connectivity index (χ3v) is 5.00. The van der Waals surface area contributed by atoms with Crippen LogP contribution in [0.4, 0.5) is 5.69 Å². The number of nitrogens with one attached hydrogen (secondary N) is 2. The van der Waals surface area contributed by atoms with E-state index in [2.05, 4.69) is 20.4 Å². The number of methoxy groups -OCH3 is 2. The summed E-state index contributed by atoms with van der Waals surface area (Å²) in [6.07, 6.45) is 1.51. The van der Waals surface area contributed by atoms with Crippen molar-refractivity contribution in [3.8, 4) is 23.1 Å². The number of ether oxygens (including phenoxy) is 2. The minimum absolute atomic E-state index is 0.0538. The van der Waals surface area contributed by atoms with Crippen LogP contribution in [0.25, 0.3) is 17.2 Å². The number of amides is 1. The molecule has 0 fully saturated rings. The van der Waals surface area contributed by atoms with Gasteiger partial charge in [0.25, 0.3) is 5.56 Å². The molecule has 0 aliphatic heterocycles. The summed E-state index contributed by atoms with van der Waals surface area (Å²) >= 11 is 1.15. The Labute approximate surface area is 174 Å². The molecule has 10 nitrogen and oxygen atoms in total. The van der Waals surface area contributed by atoms with E-state index in [1.807, 2.05) is 0 Å². The van der Waals surface area contributed by atoms with Gasteiger partial charge in [-0.1, -0.05) is 11.8 Å². The van der Waals surface area contributed by atoms with E-state index in [4.69, 9.17) is 13.9 Å². The van der Waals surface area contributed by atoms with Crippen LogP contribution in [-0.2, 0) is 4.79 Å². The van der Waals surface area contributed by atoms with Crippen LogP contribution in [0.5, 0.6) is 11.5 Å². The van der Waals surface area contributed by atoms with Gasteiger partial charge in [0.2, 0.25) is 5.91 Å². The summed E-state index contributed by atoms with van der Waals surface area (Å²) in [7, 11) is 3.06. The molecular formula is C19H17N5O5S. The highest BCUT2D eigenvalue weighted by molar-refractivity contribution is 7.99. The van der Waals surface area contributed by atoms with Gasteiger partial charge in [0.05, 0.1) is 26.2 Å². The van der Waals surface area contributed by atoms with Gasteiger partial charge in [0.15, 0.2) is 33.9 Å². The molecule has 3 heterocycles. The number of hydrogen-bond donors (Lipinski definition) is 2. The van der Waals surface area contributed by atoms with Gasteiger partial charge in [0, 0.05) is 17.8 Å². The molecule has 0 aliphatic carbocycles. The Morgan fingerprint density at radius 1 is 1.20 bits per heavy atom. The van der Waals surface area contributed by atoms with Crippen LogP contribution in [0, 0.1) is 0 Å². The summed E-state index contributed by atoms with van der Waals surface area (Å²) in [6, 6.07) is 9.87. The van der Waals surface area contributed by atoms with Crippen LogP contribution in [0.3, 0.4) is 0 Å². The minimum Gasteiger partial charge on any atom is -0.493 e. The summed E-state index contributed by atoms with van der Waals surface area (Å²) < 4.78 is 17.2. The number of furan rings is 1. The first-order chi connectivity index (χ1) is 14.6. The third-order valence-electron chi connectivity index (χ3n) is 4.07. The SMILES string of the molecule is COc1ccc(NC(=O)CSc2nc(-c3ccco3)nc3cc(=O)[nH]n23)cc1OC. The van der Waals surface area contributed by atoms with Gasteiger partial charge in [-0.2, -0.15) is 4.98 Å². The Balaban J connectivity index is 1.53. The van der Waals surface area contributed by atoms with Gasteiger partial charge in [0.1, 0.15) is 0 Å². The molecule has 11 heteroatoms. The number of fused-ring (bicyclic) bond motifs is 1. The number of carbonyl (C=O) groups excluding carboxylic acids is 1. The quantitative estimate of drug-likeness (QED) is 0.431. The van der Waals surface area contributed by atoms with E-state index in [9.17, 15) is 9.59 Å². The number of anilines is 1. The van der Waals surface area contributed by atoms with Crippen LogP contribution in [0.1, 0.15) is 0 Å². The van der Waals surface area contributed by atoms with E-state index in [0.717, 1.165) is 11.8 Å². The lowest BCUT2D eigenvalue weighted by Crippen LogP contribution is -2.15. The average Bonchev–Trinajstić information content (AvgIpc) is 3.40. The Kier molecular flexibility index (Phi) is 5.44. The fraction of sp³-hybridized carbons (Fsp3) is 0.158. The van der Waals surface area contributed by atoms with Gasteiger partial charge in [-0.05, 0) is 24.3 Å². The molecule has 3 aromatic heterocycles. The summed E-state index contributed by atoms with van der Waals surface area (Å²) in [4.78, 5) is 32.9. The van der Waals surface area contributed by atoms with E-state index < -0.39 is 0 Å². The minimum atomic E-state index is -0.322. The second-order valence-corrected chi connectivity index (χ2v) is 6.97. The first kappa shape index (κ1) is 19.6. The number of aromatic amines is 1. The highest BCUT2D eigenvalue weighted by Crippen LogP contribution is 2.30. The normalized spacial score (nSPS) is 10.9. The molecule has 0 atom stereocenters. The van der Waals surface area contributed by atoms with Gasteiger partial charge in [-0.15, -0.1) is 0 Å². The summed E-state index contributed by atoms with van der Waals surface area (Å²) in [5, 5.41) is 5.82. The summed E-state index contributed by atoms with van der Waals surface area (Å²) in [5.74, 6) is 1.65. The van der Waals surface area contributed by atoms with Crippen molar-refractivity contribution in [1.29, 1.82) is 0 Å². The molecule has 4 rings (SSSR count). The van der Waals surface area contributed by atoms with Crippen molar-refractivity contribution in [2.45, 2.75) is 5.16 Å². The Morgan fingerprint density at radius 3 is 2.77 bits per heavy atom. The molecule has 0 unspecified atom stereocenters. The number of carbonyl (C=O) groups is 1. The Hall–Kier alpha value is -3.73. The van der Waals surface area contributed by atoms with Crippen molar-refractivity contribution in [2.24, 2.45) is 0 Å². The number of H-pyrrole nitrogens is 1. The molecule has 0 saturated carbocycles. The largest absolute Gasteiger partial charge is 0.493 e. The van der Waals surface area contributed by atoms with E-state index in [-0.39, 0.29) is 17.2 Å². The lowest BCUT2D eigenvalue weighted by Gasteiger charge is -2.10. The van der Waals surface area contributed by atoms with Crippen molar-refractivity contribution < 1.29 is 18.7 Å². The lowest BCUT2D eigenvalue weighted by molar-refractivity contribution is -0.113. The van der Waals surface area contributed by atoms with Crippen LogP contribution in [0.15, 0.2) is 57.0 Å². The van der Waals surface area contributed by atoms with E-state index in [1.54, 1.807) is 30.3 Å². The molecule has 2 N–H and O–H groups in total. The monoisotopic (exact) mass is 427 g/mol. The number of rotatable bonds is 7. The second kappa shape index (κ2) is 8.33. The fourth-order valence-corrected chi connectivity index (χ4v) is 3.49. The second-order valence-electron chi connectivity index (χ2n) is 6.03. The van der Waals surface area contributed by atoms with Crippen LogP contribution in [0.2, 0.25) is 0 Å². The van der Waals surface area contributed by atoms with Crippen LogP contribution >= 0.6 is 11.8 Å². The smallest absolute Gasteiger partial charge is 0.266 e. The number of thioether (sulfide) groups is 1. The average molecular weight is 427 g/mol. The number of hydrogen-bond acceptors (Lipinski definition) is 8. The van der Waals surface area contributed by atoms with Crippen molar-refractivity contribution in [1.82, 2.24) is 19.6 Å². The van der Waals surface area contributed by atoms with E-state index in [0.29, 0.717) is 39.6 Å². The zero-order chi connectivity index (χ0) is 21.1. The maximum Gasteiger partial charge on any atom is 0.266 e. The molecule has 1 aromatic carbocycles. The molecule has 0 bridgehead atoms. The van der Waals surface area contributed by atoms with E-state index >= 15 is 0 Å². The zero-order valence-electron chi connectivity index (χ0n) is 16.0. The summed E-state index contributed by atoms with van der Waals surface area (Å²) in [5.41, 5.74) is 0.624. The molecule has 4 aromatic rings. The zero-order valence-corrected chi connectivity index (χ0v) is 16.9. The highest BCUT2D eigenvalue weighted by Gasteiger charge is 2.15. The highest BCUT2D eigenvalue weighted by atomic mass is 32.2. The van der Waals surface area contributed by atoms with Crippen LogP contribution < -0.4 is 20.3 Å². The molecule has 30 heavy (non-hydrogen) atoms. The van der Waals surface area contributed by atoms with Gasteiger partial charge >= 0.3 is 0 Å². The topological polar surface area (TPSA) is 124 Å². The lowest BCUT2D eigenvalue weighted by atomic mass is 10.2. The number of benzene rings is 1. The predicted molar refractivity (Wildman–Crippen MR) is 110 cm³/mol. The standard InChI is InChI=1S/C19H17N5O5S/c1-27-12-6-5-11(8-14(12)28-2)20-17(26)10-30-19-22-18(13-4-3-7-29-13)21-15-9-16(25)23-24(15)19/h3-9H,10H2,1-2H3,(H,20,26)(H,23,25). The van der Waals surface area contributed by atoms with Gasteiger partial charge in [-0.25, -0.2) is 9.50 Å². The first-order valence-electron chi connectivity index (χ1n) is 8.76. The van der Waals surface area contributed by atoms with Crippen LogP contribution in [-0.4, -0.2) is 45.5 Å². The van der Waals surface area contributed by atoms with Gasteiger partial charge in [-0.3, -0.25) is 14.7 Å². The van der Waals surface area contributed by atoms with Crippen molar-refractivity contribution in [2.75, 3.05) is 25.3 Å². The molecule has 0 saturated heterocycles. The number of nitrogens with zero attached hydrogens (tertiary/aromatic N) is 3. The Morgan fingerprint density at radius 2 is 2.03 bits per heavy atom. The maximum atomic E-state index is 12.4.